The molecular weight excluding hydrogens is 993 g/mol. The fraction of sp³-hybridized carbons (Fsp3) is 0.308. The Morgan fingerprint density at radius 1 is 0.280 bits per heavy atom. The van der Waals surface area contributed by atoms with Crippen molar-refractivity contribution in [2.75, 3.05) is 4.90 Å². The third-order valence-corrected chi connectivity index (χ3v) is 18.6. The van der Waals surface area contributed by atoms with Gasteiger partial charge in [-0.1, -0.05) is 227 Å². The molecule has 0 fully saturated rings. The standard InChI is InChI=1S/C78H84N4/c1-7-13-22-55(10-4)52-79-73-28-19-16-25-67(73)70-46-37-61(49-76(70)79)58-31-40-64(41-32-58)82(65-42-33-59(34-43-65)62-38-47-71-68-26-17-20-29-74(68)80(77(71)50-62)53-56(11-5)23-14-8-2)66-44-35-60(36-45-66)63-39-48-72-69-27-18-21-30-75(69)81(78(72)51-63)54-57(12-6)24-15-9-3/h16-21,25-51,55-57H,7-15,22-24,52-54H2,1-6H3. The number of nitrogens with zero attached hydrogens (tertiary/aromatic N) is 4. The van der Waals surface area contributed by atoms with Crippen LogP contribution in [-0.4, -0.2) is 13.7 Å². The van der Waals surface area contributed by atoms with E-state index in [0.717, 1.165) is 36.7 Å². The van der Waals surface area contributed by atoms with Gasteiger partial charge in [-0.15, -0.1) is 0 Å². The summed E-state index contributed by atoms with van der Waals surface area (Å²) in [7, 11) is 0. The van der Waals surface area contributed by atoms with E-state index in [0.29, 0.717) is 17.8 Å². The van der Waals surface area contributed by atoms with Crippen molar-refractivity contribution in [1.82, 2.24) is 13.7 Å². The van der Waals surface area contributed by atoms with Crippen molar-refractivity contribution >= 4 is 82.5 Å². The highest BCUT2D eigenvalue weighted by Crippen LogP contribution is 2.42. The van der Waals surface area contributed by atoms with Crippen LogP contribution in [0.15, 0.2) is 200 Å². The predicted molar refractivity (Wildman–Crippen MR) is 356 cm³/mol. The van der Waals surface area contributed by atoms with Gasteiger partial charge in [-0.25, -0.2) is 0 Å². The Balaban J connectivity index is 0.914. The molecule has 0 N–H and O–H groups in total. The summed E-state index contributed by atoms with van der Waals surface area (Å²) >= 11 is 0. The second kappa shape index (κ2) is 24.7. The molecule has 3 heterocycles. The van der Waals surface area contributed by atoms with E-state index in [9.17, 15) is 0 Å². The molecule has 12 aromatic rings. The second-order valence-corrected chi connectivity index (χ2v) is 23.8. The summed E-state index contributed by atoms with van der Waals surface area (Å²) in [5, 5.41) is 8.04. The zero-order valence-electron chi connectivity index (χ0n) is 49.7. The van der Waals surface area contributed by atoms with Crippen LogP contribution >= 0.6 is 0 Å². The predicted octanol–water partition coefficient (Wildman–Crippen LogP) is 23.1. The molecular formula is C78H84N4. The molecule has 3 atom stereocenters. The summed E-state index contributed by atoms with van der Waals surface area (Å²) in [6.45, 7) is 17.2. The first-order valence-electron chi connectivity index (χ1n) is 31.5. The Kier molecular flexibility index (Phi) is 16.5. The third-order valence-electron chi connectivity index (χ3n) is 18.6. The highest BCUT2D eigenvalue weighted by Gasteiger charge is 2.21. The van der Waals surface area contributed by atoms with Crippen molar-refractivity contribution < 1.29 is 0 Å². The molecule has 12 rings (SSSR count). The van der Waals surface area contributed by atoms with Gasteiger partial charge in [0.15, 0.2) is 0 Å². The molecule has 4 nitrogen and oxygen atoms in total. The van der Waals surface area contributed by atoms with Crippen LogP contribution in [0.3, 0.4) is 0 Å². The van der Waals surface area contributed by atoms with Crippen LogP contribution in [0, 0.1) is 17.8 Å². The zero-order chi connectivity index (χ0) is 56.1. The molecule has 0 spiro atoms. The maximum Gasteiger partial charge on any atom is 0.0497 e. The maximum atomic E-state index is 2.61. The first-order chi connectivity index (χ1) is 40.4. The van der Waals surface area contributed by atoms with Gasteiger partial charge in [-0.2, -0.15) is 0 Å². The van der Waals surface area contributed by atoms with Crippen LogP contribution in [0.2, 0.25) is 0 Å². The average molecular weight is 1080 g/mol. The number of para-hydroxylation sites is 3. The van der Waals surface area contributed by atoms with E-state index >= 15 is 0 Å². The zero-order valence-corrected chi connectivity index (χ0v) is 49.7. The number of aromatic nitrogens is 3. The fourth-order valence-corrected chi connectivity index (χ4v) is 13.7. The highest BCUT2D eigenvalue weighted by molar-refractivity contribution is 6.11. The van der Waals surface area contributed by atoms with Gasteiger partial charge in [-0.05, 0) is 143 Å². The van der Waals surface area contributed by atoms with Gasteiger partial charge in [-0.3, -0.25) is 0 Å². The third kappa shape index (κ3) is 10.8. The molecule has 0 amide bonds. The van der Waals surface area contributed by atoms with E-state index in [1.165, 1.54) is 176 Å². The lowest BCUT2D eigenvalue weighted by atomic mass is 9.99. The summed E-state index contributed by atoms with van der Waals surface area (Å²) in [6.07, 6.45) is 14.9. The largest absolute Gasteiger partial charge is 0.340 e. The van der Waals surface area contributed by atoms with E-state index in [1.807, 2.05) is 0 Å². The lowest BCUT2D eigenvalue weighted by molar-refractivity contribution is 0.401. The Bertz CT molecular complexity index is 3680. The molecule has 0 aliphatic rings. The molecule has 82 heavy (non-hydrogen) atoms. The lowest BCUT2D eigenvalue weighted by Crippen LogP contribution is -2.10. The Labute approximate surface area is 488 Å². The Morgan fingerprint density at radius 3 is 0.805 bits per heavy atom. The van der Waals surface area contributed by atoms with Gasteiger partial charge < -0.3 is 18.6 Å². The highest BCUT2D eigenvalue weighted by atomic mass is 15.1. The second-order valence-electron chi connectivity index (χ2n) is 23.8. The number of unbranched alkanes of at least 4 members (excludes halogenated alkanes) is 3. The SMILES string of the molecule is CCCCC(CC)Cn1c2ccccc2c2ccc(-c3ccc(N(c4ccc(-c5ccc6c7ccccc7n(CC(CC)CCCC)c6c5)cc4)c4ccc(-c5ccc6c7ccccc7n(CC(CC)CCCC)c6c5)cc4)cc3)cc21. The van der Waals surface area contributed by atoms with Gasteiger partial charge >= 0.3 is 0 Å². The summed E-state index contributed by atoms with van der Waals surface area (Å²) in [6, 6.07) is 76.3. The summed E-state index contributed by atoms with van der Waals surface area (Å²) in [4.78, 5) is 2.43. The molecule has 0 saturated carbocycles. The molecule has 416 valence electrons. The summed E-state index contributed by atoms with van der Waals surface area (Å²) in [5.74, 6) is 1.96. The van der Waals surface area contributed by atoms with Crippen LogP contribution < -0.4 is 4.90 Å². The molecule has 9 aromatic carbocycles. The Hall–Kier alpha value is -7.82. The van der Waals surface area contributed by atoms with E-state index in [1.54, 1.807) is 0 Å². The van der Waals surface area contributed by atoms with Gasteiger partial charge in [0.05, 0.1) is 0 Å². The minimum atomic E-state index is 0.654. The van der Waals surface area contributed by atoms with Crippen molar-refractivity contribution in [2.45, 2.75) is 138 Å². The summed E-state index contributed by atoms with van der Waals surface area (Å²) in [5.41, 5.74) is 18.8. The van der Waals surface area contributed by atoms with Crippen LogP contribution in [0.5, 0.6) is 0 Å². The van der Waals surface area contributed by atoms with Gasteiger partial charge in [0, 0.05) is 102 Å². The molecule has 0 aliphatic heterocycles. The van der Waals surface area contributed by atoms with Crippen molar-refractivity contribution in [2.24, 2.45) is 17.8 Å². The minimum Gasteiger partial charge on any atom is -0.340 e. The molecule has 0 bridgehead atoms. The topological polar surface area (TPSA) is 18.0 Å². The van der Waals surface area contributed by atoms with Gasteiger partial charge in [0.25, 0.3) is 0 Å². The van der Waals surface area contributed by atoms with Gasteiger partial charge in [0.1, 0.15) is 0 Å². The van der Waals surface area contributed by atoms with Gasteiger partial charge in [0.2, 0.25) is 0 Å². The van der Waals surface area contributed by atoms with E-state index in [2.05, 4.69) is 260 Å². The van der Waals surface area contributed by atoms with Crippen molar-refractivity contribution in [3.05, 3.63) is 200 Å². The van der Waals surface area contributed by atoms with Crippen molar-refractivity contribution in [3.8, 4) is 33.4 Å². The van der Waals surface area contributed by atoms with Crippen LogP contribution in [0.1, 0.15) is 119 Å². The van der Waals surface area contributed by atoms with E-state index < -0.39 is 0 Å². The number of benzene rings is 9. The van der Waals surface area contributed by atoms with Crippen LogP contribution in [-0.2, 0) is 19.6 Å². The number of hydrogen-bond acceptors (Lipinski definition) is 1. The van der Waals surface area contributed by atoms with E-state index in [4.69, 9.17) is 0 Å². The molecule has 0 aliphatic carbocycles. The fourth-order valence-electron chi connectivity index (χ4n) is 13.7. The number of fused-ring (bicyclic) bond motifs is 9. The normalized spacial score (nSPS) is 13.1. The first-order valence-corrected chi connectivity index (χ1v) is 31.5. The minimum absolute atomic E-state index is 0.654. The lowest BCUT2D eigenvalue weighted by Gasteiger charge is -2.26. The molecule has 0 saturated heterocycles. The molecule has 3 aromatic heterocycles. The smallest absolute Gasteiger partial charge is 0.0497 e. The molecule has 3 unspecified atom stereocenters. The summed E-state index contributed by atoms with van der Waals surface area (Å²) < 4.78 is 7.84. The first kappa shape index (κ1) is 54.8. The number of anilines is 3. The molecule has 4 heteroatoms. The maximum absolute atomic E-state index is 2.61. The van der Waals surface area contributed by atoms with Crippen LogP contribution in [0.25, 0.3) is 98.8 Å². The average Bonchev–Trinajstić information content (AvgIpc) is 4.16. The number of hydrogen-bond donors (Lipinski definition) is 0. The van der Waals surface area contributed by atoms with Crippen molar-refractivity contribution in [1.29, 1.82) is 0 Å². The van der Waals surface area contributed by atoms with Crippen molar-refractivity contribution in [3.63, 3.8) is 0 Å². The van der Waals surface area contributed by atoms with E-state index in [-0.39, 0.29) is 0 Å². The quantitative estimate of drug-likeness (QED) is 0.0590. The monoisotopic (exact) mass is 1080 g/mol. The molecule has 0 radical (unpaired) electrons. The van der Waals surface area contributed by atoms with Crippen LogP contribution in [0.4, 0.5) is 17.1 Å². The number of rotatable bonds is 24. The Morgan fingerprint density at radius 2 is 0.537 bits per heavy atom.